The number of nitro groups is 1. The fourth-order valence-electron chi connectivity index (χ4n) is 1.03. The molecule has 60 valence electrons. The minimum Gasteiger partial charge on any atom is -0.393 e. The van der Waals surface area contributed by atoms with Crippen molar-refractivity contribution in [1.82, 2.24) is 0 Å². The van der Waals surface area contributed by atoms with Crippen LogP contribution < -0.4 is 5.73 Å². The molecule has 11 heavy (non-hydrogen) atoms. The third-order valence-corrected chi connectivity index (χ3v) is 1.67. The highest BCUT2D eigenvalue weighted by molar-refractivity contribution is 5.23. The molecule has 0 bridgehead atoms. The fraction of sp³-hybridized carbons (Fsp3) is 0.429. The van der Waals surface area contributed by atoms with Gasteiger partial charge in [0.1, 0.15) is 5.70 Å². The Morgan fingerprint density at radius 3 is 2.91 bits per heavy atom. The van der Waals surface area contributed by atoms with Gasteiger partial charge in [0.05, 0.1) is 4.92 Å². The SMILES string of the molecule is CC1C=CC(N)=C([N+](=O)[O-])C1. The zero-order valence-electron chi connectivity index (χ0n) is 6.28. The fourth-order valence-corrected chi connectivity index (χ4v) is 1.03. The second-order valence-corrected chi connectivity index (χ2v) is 2.70. The van der Waals surface area contributed by atoms with Gasteiger partial charge in [-0.1, -0.05) is 13.0 Å². The van der Waals surface area contributed by atoms with Crippen LogP contribution in [0.3, 0.4) is 0 Å². The molecule has 4 nitrogen and oxygen atoms in total. The Hall–Kier alpha value is -1.32. The second-order valence-electron chi connectivity index (χ2n) is 2.70. The summed E-state index contributed by atoms with van der Waals surface area (Å²) in [5.74, 6) is 0.225. The average molecular weight is 154 g/mol. The van der Waals surface area contributed by atoms with Gasteiger partial charge in [0.25, 0.3) is 5.70 Å². The molecule has 0 aromatic carbocycles. The molecule has 0 fully saturated rings. The van der Waals surface area contributed by atoms with Crippen molar-refractivity contribution in [3.63, 3.8) is 0 Å². The number of hydrogen-bond acceptors (Lipinski definition) is 3. The van der Waals surface area contributed by atoms with Crippen molar-refractivity contribution >= 4 is 0 Å². The van der Waals surface area contributed by atoms with E-state index < -0.39 is 4.92 Å². The van der Waals surface area contributed by atoms with Gasteiger partial charge in [0.15, 0.2) is 0 Å². The lowest BCUT2D eigenvalue weighted by Gasteiger charge is -2.09. The van der Waals surface area contributed by atoms with Crippen molar-refractivity contribution in [1.29, 1.82) is 0 Å². The molecule has 0 aliphatic heterocycles. The summed E-state index contributed by atoms with van der Waals surface area (Å²) in [4.78, 5) is 9.94. The molecule has 0 aromatic heterocycles. The van der Waals surface area contributed by atoms with E-state index in [0.29, 0.717) is 6.42 Å². The van der Waals surface area contributed by atoms with E-state index in [2.05, 4.69) is 0 Å². The first-order chi connectivity index (χ1) is 5.11. The Morgan fingerprint density at radius 1 is 1.82 bits per heavy atom. The average Bonchev–Trinajstić information content (AvgIpc) is 1.94. The van der Waals surface area contributed by atoms with Gasteiger partial charge in [-0.25, -0.2) is 0 Å². The molecule has 2 N–H and O–H groups in total. The van der Waals surface area contributed by atoms with Gasteiger partial charge in [-0.3, -0.25) is 10.1 Å². The van der Waals surface area contributed by atoms with Gasteiger partial charge in [-0.2, -0.15) is 0 Å². The molecule has 1 aliphatic rings. The summed E-state index contributed by atoms with van der Waals surface area (Å²) >= 11 is 0. The third kappa shape index (κ3) is 1.58. The Morgan fingerprint density at radius 2 is 2.45 bits per heavy atom. The van der Waals surface area contributed by atoms with E-state index >= 15 is 0 Å². The van der Waals surface area contributed by atoms with Crippen molar-refractivity contribution in [3.8, 4) is 0 Å². The lowest BCUT2D eigenvalue weighted by Crippen LogP contribution is -2.14. The minimum absolute atomic E-state index is 0.139. The summed E-state index contributed by atoms with van der Waals surface area (Å²) in [6, 6.07) is 0. The lowest BCUT2D eigenvalue weighted by molar-refractivity contribution is -0.429. The van der Waals surface area contributed by atoms with E-state index in [1.54, 1.807) is 6.08 Å². The molecule has 1 atom stereocenters. The van der Waals surface area contributed by atoms with Crippen LogP contribution in [-0.2, 0) is 0 Å². The Bertz CT molecular complexity index is 243. The number of nitrogens with two attached hydrogens (primary N) is 1. The molecule has 1 rings (SSSR count). The topological polar surface area (TPSA) is 69.2 Å². The normalized spacial score (nSPS) is 23.9. The zero-order chi connectivity index (χ0) is 8.43. The van der Waals surface area contributed by atoms with Crippen LogP contribution in [-0.4, -0.2) is 4.92 Å². The van der Waals surface area contributed by atoms with Crippen LogP contribution in [0, 0.1) is 16.0 Å². The molecule has 1 aliphatic carbocycles. The summed E-state index contributed by atoms with van der Waals surface area (Å²) in [6.45, 7) is 1.92. The summed E-state index contributed by atoms with van der Waals surface area (Å²) in [6.07, 6.45) is 3.92. The zero-order valence-corrected chi connectivity index (χ0v) is 6.28. The molecule has 4 heteroatoms. The number of nitrogens with zero attached hydrogens (tertiary/aromatic N) is 1. The number of hydrogen-bond donors (Lipinski definition) is 1. The van der Waals surface area contributed by atoms with Crippen molar-refractivity contribution in [2.75, 3.05) is 0 Å². The van der Waals surface area contributed by atoms with E-state index in [4.69, 9.17) is 5.73 Å². The Labute approximate surface area is 64.5 Å². The first-order valence-corrected chi connectivity index (χ1v) is 3.42. The Kier molecular flexibility index (Phi) is 1.94. The number of allylic oxidation sites excluding steroid dienone is 3. The monoisotopic (exact) mass is 154 g/mol. The molecular formula is C7H10N2O2. The van der Waals surface area contributed by atoms with Crippen molar-refractivity contribution in [2.24, 2.45) is 11.7 Å². The summed E-state index contributed by atoms with van der Waals surface area (Å²) in [7, 11) is 0. The highest BCUT2D eigenvalue weighted by Gasteiger charge is 2.20. The molecule has 0 aromatic rings. The van der Waals surface area contributed by atoms with Crippen LogP contribution in [0.1, 0.15) is 13.3 Å². The lowest BCUT2D eigenvalue weighted by atomic mass is 9.99. The smallest absolute Gasteiger partial charge is 0.269 e. The molecule has 0 amide bonds. The maximum absolute atomic E-state index is 10.3. The molecule has 0 saturated heterocycles. The molecule has 1 unspecified atom stereocenters. The standard InChI is InChI=1S/C7H10N2O2/c1-5-2-3-6(8)7(4-5)9(10)11/h2-3,5H,4,8H2,1H3. The second kappa shape index (κ2) is 2.74. The van der Waals surface area contributed by atoms with Crippen molar-refractivity contribution in [3.05, 3.63) is 33.7 Å². The summed E-state index contributed by atoms with van der Waals surface area (Å²) < 4.78 is 0. The highest BCUT2D eigenvalue weighted by atomic mass is 16.6. The van der Waals surface area contributed by atoms with E-state index in [-0.39, 0.29) is 17.3 Å². The molecule has 0 heterocycles. The van der Waals surface area contributed by atoms with E-state index in [1.807, 2.05) is 13.0 Å². The van der Waals surface area contributed by atoms with Gasteiger partial charge in [0, 0.05) is 6.42 Å². The predicted octanol–water partition coefficient (Wildman–Crippen LogP) is 1.03. The molecule has 0 radical (unpaired) electrons. The quantitative estimate of drug-likeness (QED) is 0.453. The van der Waals surface area contributed by atoms with Crippen LogP contribution in [0.15, 0.2) is 23.5 Å². The Balaban J connectivity index is 2.90. The summed E-state index contributed by atoms with van der Waals surface area (Å²) in [5, 5.41) is 10.3. The van der Waals surface area contributed by atoms with Crippen molar-refractivity contribution < 1.29 is 4.92 Å². The summed E-state index contributed by atoms with van der Waals surface area (Å²) in [5.41, 5.74) is 5.82. The van der Waals surface area contributed by atoms with Crippen molar-refractivity contribution in [2.45, 2.75) is 13.3 Å². The first-order valence-electron chi connectivity index (χ1n) is 3.42. The van der Waals surface area contributed by atoms with Crippen LogP contribution >= 0.6 is 0 Å². The minimum atomic E-state index is -0.407. The molecule has 0 saturated carbocycles. The van der Waals surface area contributed by atoms with Gasteiger partial charge >= 0.3 is 0 Å². The molecular weight excluding hydrogens is 144 g/mol. The first kappa shape index (κ1) is 7.78. The highest BCUT2D eigenvalue weighted by Crippen LogP contribution is 2.20. The van der Waals surface area contributed by atoms with Gasteiger partial charge in [-0.15, -0.1) is 0 Å². The third-order valence-electron chi connectivity index (χ3n) is 1.67. The van der Waals surface area contributed by atoms with Crippen LogP contribution in [0.25, 0.3) is 0 Å². The van der Waals surface area contributed by atoms with Crippen LogP contribution in [0.4, 0.5) is 0 Å². The van der Waals surface area contributed by atoms with Crippen LogP contribution in [0.5, 0.6) is 0 Å². The van der Waals surface area contributed by atoms with Gasteiger partial charge in [0.2, 0.25) is 0 Å². The van der Waals surface area contributed by atoms with E-state index in [1.165, 1.54) is 0 Å². The maximum Gasteiger partial charge on any atom is 0.269 e. The number of rotatable bonds is 1. The van der Waals surface area contributed by atoms with Gasteiger partial charge in [-0.05, 0) is 12.0 Å². The van der Waals surface area contributed by atoms with Gasteiger partial charge < -0.3 is 5.73 Å². The van der Waals surface area contributed by atoms with Crippen LogP contribution in [0.2, 0.25) is 0 Å². The maximum atomic E-state index is 10.3. The largest absolute Gasteiger partial charge is 0.393 e. The van der Waals surface area contributed by atoms with E-state index in [9.17, 15) is 10.1 Å². The predicted molar refractivity (Wildman–Crippen MR) is 41.1 cm³/mol. The van der Waals surface area contributed by atoms with E-state index in [0.717, 1.165) is 0 Å². The molecule has 0 spiro atoms.